The second-order valence-corrected chi connectivity index (χ2v) is 5.87. The Kier molecular flexibility index (Phi) is 4.44. The van der Waals surface area contributed by atoms with E-state index < -0.39 is 0 Å². The molecule has 134 valence electrons. The first-order chi connectivity index (χ1) is 13.2. The Morgan fingerprint density at radius 1 is 1.00 bits per heavy atom. The van der Waals surface area contributed by atoms with E-state index in [0.717, 1.165) is 0 Å². The minimum atomic E-state index is -0.371. The van der Waals surface area contributed by atoms with Crippen LogP contribution in [-0.2, 0) is 9.59 Å². The molecule has 0 aliphatic carbocycles. The summed E-state index contributed by atoms with van der Waals surface area (Å²) in [6.07, 6.45) is 5.51. The number of hydrazone groups is 1. The molecule has 2 aromatic heterocycles. The van der Waals surface area contributed by atoms with Gasteiger partial charge in [0.2, 0.25) is 5.91 Å². The van der Waals surface area contributed by atoms with Gasteiger partial charge in [-0.25, -0.2) is 14.7 Å². The maximum atomic E-state index is 12.7. The molecule has 0 spiro atoms. The molecule has 3 aromatic rings. The van der Waals surface area contributed by atoms with E-state index in [-0.39, 0.29) is 30.4 Å². The van der Waals surface area contributed by atoms with Crippen LogP contribution >= 0.6 is 0 Å². The highest BCUT2D eigenvalue weighted by Gasteiger charge is 2.26. The fourth-order valence-corrected chi connectivity index (χ4v) is 2.75. The number of anilines is 2. The lowest BCUT2D eigenvalue weighted by Gasteiger charge is -2.23. The Morgan fingerprint density at radius 3 is 2.63 bits per heavy atom. The molecule has 0 bridgehead atoms. The molecule has 27 heavy (non-hydrogen) atoms. The maximum absolute atomic E-state index is 12.7. The predicted octanol–water partition coefficient (Wildman–Crippen LogP) is 2.39. The van der Waals surface area contributed by atoms with Crippen LogP contribution in [0.4, 0.5) is 11.4 Å². The molecule has 0 radical (unpaired) electrons. The van der Waals surface area contributed by atoms with Crippen LogP contribution in [0.2, 0.25) is 0 Å². The maximum Gasteiger partial charge on any atom is 0.271 e. The molecule has 1 aromatic carbocycles. The summed E-state index contributed by atoms with van der Waals surface area (Å²) in [6.45, 7) is 0. The van der Waals surface area contributed by atoms with E-state index in [1.165, 1.54) is 5.01 Å². The summed E-state index contributed by atoms with van der Waals surface area (Å²) in [4.78, 5) is 29.2. The summed E-state index contributed by atoms with van der Waals surface area (Å²) in [5.74, 6) is -0.00977. The molecule has 1 aliphatic heterocycles. The van der Waals surface area contributed by atoms with Gasteiger partial charge in [-0.3, -0.25) is 9.59 Å². The number of carbonyl (C=O) groups excluding carboxylic acids is 2. The van der Waals surface area contributed by atoms with Crippen molar-refractivity contribution in [2.45, 2.75) is 12.8 Å². The number of pyridine rings is 1. The first kappa shape index (κ1) is 16.6. The molecule has 8 heteroatoms. The topological polar surface area (TPSA) is 92.5 Å². The molecule has 3 heterocycles. The second kappa shape index (κ2) is 7.20. The third kappa shape index (κ3) is 3.45. The number of nitrogens with zero attached hydrogens (tertiary/aromatic N) is 5. The van der Waals surface area contributed by atoms with Gasteiger partial charge in [-0.15, -0.1) is 0 Å². The Morgan fingerprint density at radius 2 is 1.85 bits per heavy atom. The molecule has 0 atom stereocenters. The number of rotatable bonds is 4. The summed E-state index contributed by atoms with van der Waals surface area (Å²) in [7, 11) is 0. The lowest BCUT2D eigenvalue weighted by atomic mass is 10.1. The van der Waals surface area contributed by atoms with E-state index in [1.807, 2.05) is 18.2 Å². The minimum absolute atomic E-state index is 0.142. The third-order valence-electron chi connectivity index (χ3n) is 4.05. The summed E-state index contributed by atoms with van der Waals surface area (Å²) in [5.41, 5.74) is 1.43. The second-order valence-electron chi connectivity index (χ2n) is 5.87. The van der Waals surface area contributed by atoms with Gasteiger partial charge in [-0.1, -0.05) is 18.2 Å². The number of carbonyl (C=O) groups is 2. The summed E-state index contributed by atoms with van der Waals surface area (Å²) in [6, 6.07) is 14.3. The van der Waals surface area contributed by atoms with Gasteiger partial charge in [-0.2, -0.15) is 10.2 Å². The lowest BCUT2D eigenvalue weighted by molar-refractivity contribution is -0.118. The fourth-order valence-electron chi connectivity index (χ4n) is 2.75. The Bertz CT molecular complexity index is 998. The van der Waals surface area contributed by atoms with E-state index in [0.29, 0.717) is 17.2 Å². The number of benzene rings is 1. The van der Waals surface area contributed by atoms with Crippen molar-refractivity contribution < 1.29 is 9.59 Å². The zero-order valence-electron chi connectivity index (χ0n) is 14.3. The Balaban J connectivity index is 1.60. The molecular weight excluding hydrogens is 344 g/mol. The van der Waals surface area contributed by atoms with E-state index in [1.54, 1.807) is 53.6 Å². The van der Waals surface area contributed by atoms with Crippen molar-refractivity contribution in [3.8, 4) is 5.82 Å². The standard InChI is InChI=1S/C19H16N6O2/c26-17-10-9-16(23-25(17)14-6-2-1-3-7-14)19(27)22-15-8-4-11-20-18(15)24-13-5-12-21-24/h1-8,11-13H,9-10H2,(H,22,27). The van der Waals surface area contributed by atoms with Crippen LogP contribution in [0, 0.1) is 0 Å². The molecule has 4 rings (SSSR count). The van der Waals surface area contributed by atoms with Crippen molar-refractivity contribution in [1.82, 2.24) is 14.8 Å². The van der Waals surface area contributed by atoms with Crippen molar-refractivity contribution >= 4 is 28.9 Å². The van der Waals surface area contributed by atoms with Crippen LogP contribution in [0.15, 0.2) is 72.2 Å². The number of hydrogen-bond donors (Lipinski definition) is 1. The van der Waals surface area contributed by atoms with E-state index in [2.05, 4.69) is 20.5 Å². The van der Waals surface area contributed by atoms with Crippen molar-refractivity contribution in [2.24, 2.45) is 5.10 Å². The van der Waals surface area contributed by atoms with Crippen molar-refractivity contribution in [3.05, 3.63) is 67.1 Å². The molecule has 0 unspecified atom stereocenters. The van der Waals surface area contributed by atoms with E-state index in [4.69, 9.17) is 0 Å². The van der Waals surface area contributed by atoms with Crippen LogP contribution in [0.3, 0.4) is 0 Å². The average Bonchev–Trinajstić information content (AvgIpc) is 3.24. The first-order valence-electron chi connectivity index (χ1n) is 8.44. The van der Waals surface area contributed by atoms with Crippen LogP contribution in [-0.4, -0.2) is 32.3 Å². The Labute approximate surface area is 155 Å². The van der Waals surface area contributed by atoms with E-state index in [9.17, 15) is 9.59 Å². The molecule has 1 aliphatic rings. The molecule has 2 amide bonds. The quantitative estimate of drug-likeness (QED) is 0.773. The number of para-hydroxylation sites is 1. The number of nitrogens with one attached hydrogen (secondary N) is 1. The normalized spacial score (nSPS) is 14.0. The highest BCUT2D eigenvalue weighted by molar-refractivity contribution is 6.44. The number of aromatic nitrogens is 3. The number of amides is 2. The first-order valence-corrected chi connectivity index (χ1v) is 8.44. The van der Waals surface area contributed by atoms with Crippen molar-refractivity contribution in [2.75, 3.05) is 10.3 Å². The third-order valence-corrected chi connectivity index (χ3v) is 4.05. The SMILES string of the molecule is O=C(Nc1cccnc1-n1cccn1)C1=NN(c2ccccc2)C(=O)CC1. The molecular formula is C19H16N6O2. The summed E-state index contributed by atoms with van der Waals surface area (Å²) < 4.78 is 1.57. The molecule has 0 fully saturated rings. The van der Waals surface area contributed by atoms with Crippen LogP contribution in [0.1, 0.15) is 12.8 Å². The van der Waals surface area contributed by atoms with E-state index >= 15 is 0 Å². The largest absolute Gasteiger partial charge is 0.318 e. The zero-order chi connectivity index (χ0) is 18.6. The van der Waals surface area contributed by atoms with Gasteiger partial charge < -0.3 is 5.32 Å². The molecule has 8 nitrogen and oxygen atoms in total. The highest BCUT2D eigenvalue weighted by atomic mass is 16.2. The van der Waals surface area contributed by atoms with Gasteiger partial charge in [0.05, 0.1) is 11.4 Å². The molecule has 0 saturated carbocycles. The van der Waals surface area contributed by atoms with Crippen molar-refractivity contribution in [3.63, 3.8) is 0 Å². The average molecular weight is 360 g/mol. The fraction of sp³-hybridized carbons (Fsp3) is 0.105. The number of hydrogen-bond acceptors (Lipinski definition) is 5. The lowest BCUT2D eigenvalue weighted by Crippen LogP contribution is -2.36. The van der Waals surface area contributed by atoms with Gasteiger partial charge >= 0.3 is 0 Å². The zero-order valence-corrected chi connectivity index (χ0v) is 14.3. The van der Waals surface area contributed by atoms with Gasteiger partial charge in [0.15, 0.2) is 5.82 Å². The van der Waals surface area contributed by atoms with Gasteiger partial charge in [0, 0.05) is 31.4 Å². The van der Waals surface area contributed by atoms with Crippen LogP contribution < -0.4 is 10.3 Å². The predicted molar refractivity (Wildman–Crippen MR) is 101 cm³/mol. The Hall–Kier alpha value is -3.81. The molecule has 1 N–H and O–H groups in total. The summed E-state index contributed by atoms with van der Waals surface area (Å²) in [5, 5.41) is 12.5. The van der Waals surface area contributed by atoms with Crippen molar-refractivity contribution in [1.29, 1.82) is 0 Å². The molecule has 0 saturated heterocycles. The van der Waals surface area contributed by atoms with Gasteiger partial charge in [0.25, 0.3) is 5.91 Å². The van der Waals surface area contributed by atoms with Crippen LogP contribution in [0.25, 0.3) is 5.82 Å². The van der Waals surface area contributed by atoms with Gasteiger partial charge in [0.1, 0.15) is 5.71 Å². The minimum Gasteiger partial charge on any atom is -0.318 e. The van der Waals surface area contributed by atoms with Gasteiger partial charge in [-0.05, 0) is 30.3 Å². The monoisotopic (exact) mass is 360 g/mol. The summed E-state index contributed by atoms with van der Waals surface area (Å²) >= 11 is 0. The van der Waals surface area contributed by atoms with Crippen LogP contribution in [0.5, 0.6) is 0 Å². The smallest absolute Gasteiger partial charge is 0.271 e. The highest BCUT2D eigenvalue weighted by Crippen LogP contribution is 2.21.